The molecule has 3 heteroatoms. The Balaban J connectivity index is 1.89. The summed E-state index contributed by atoms with van der Waals surface area (Å²) in [5.41, 5.74) is 3.79. The van der Waals surface area contributed by atoms with Gasteiger partial charge in [-0.25, -0.2) is 4.39 Å². The highest BCUT2D eigenvalue weighted by molar-refractivity contribution is 6.91. The summed E-state index contributed by atoms with van der Waals surface area (Å²) in [5.74, 6) is 2.93. The Hall–Kier alpha value is -1.87. The van der Waals surface area contributed by atoms with Crippen molar-refractivity contribution < 1.29 is 9.13 Å². The molecule has 5 unspecified atom stereocenters. The second kappa shape index (κ2) is 8.36. The molecule has 184 valence electrons. The standard InChI is InChI=1S/C31H43FOSi/c1-19-20(2)29(24-16-15-21-13-11-12-14-23(21)27(19)24)34(9,10)26-18-22(32)17-25(30(3,4)5)28(26)33-31(6,7)8/h11-20,24,27,29H,1-10H3. The van der Waals surface area contributed by atoms with Crippen LogP contribution in [0.25, 0.3) is 6.08 Å². The Morgan fingerprint density at radius 3 is 2.18 bits per heavy atom. The molecule has 0 saturated heterocycles. The topological polar surface area (TPSA) is 9.23 Å². The lowest BCUT2D eigenvalue weighted by Gasteiger charge is -2.41. The molecule has 0 aromatic heterocycles. The van der Waals surface area contributed by atoms with Gasteiger partial charge in [0.2, 0.25) is 0 Å². The minimum absolute atomic E-state index is 0.137. The smallest absolute Gasteiger partial charge is 0.123 e. The molecule has 5 atom stereocenters. The van der Waals surface area contributed by atoms with Crippen LogP contribution in [0.4, 0.5) is 4.39 Å². The van der Waals surface area contributed by atoms with Crippen molar-refractivity contribution in [3.05, 3.63) is 65.0 Å². The first kappa shape index (κ1) is 25.2. The van der Waals surface area contributed by atoms with Gasteiger partial charge in [0, 0.05) is 5.56 Å². The minimum Gasteiger partial charge on any atom is -0.488 e. The highest BCUT2D eigenvalue weighted by Crippen LogP contribution is 2.60. The molecule has 2 aromatic rings. The molecule has 0 aliphatic heterocycles. The summed E-state index contributed by atoms with van der Waals surface area (Å²) in [6, 6.07) is 12.4. The van der Waals surface area contributed by atoms with Crippen LogP contribution in [0.5, 0.6) is 5.75 Å². The average molecular weight is 479 g/mol. The fourth-order valence-corrected chi connectivity index (χ4v) is 11.4. The summed E-state index contributed by atoms with van der Waals surface area (Å²) in [5, 5.41) is 1.14. The molecular weight excluding hydrogens is 435 g/mol. The largest absolute Gasteiger partial charge is 0.488 e. The SMILES string of the molecule is CC1C(C)C([Si](C)(C)c2cc(F)cc(C(C)(C)C)c2OC(C)(C)C)C2C=Cc3ccccc3C12. The monoisotopic (exact) mass is 478 g/mol. The third-order valence-corrected chi connectivity index (χ3v) is 12.8. The van der Waals surface area contributed by atoms with Crippen LogP contribution < -0.4 is 9.92 Å². The van der Waals surface area contributed by atoms with Crippen LogP contribution >= 0.6 is 0 Å². The average Bonchev–Trinajstić information content (AvgIpc) is 2.98. The predicted molar refractivity (Wildman–Crippen MR) is 146 cm³/mol. The lowest BCUT2D eigenvalue weighted by Crippen LogP contribution is -2.51. The first-order valence-corrected chi connectivity index (χ1v) is 16.0. The van der Waals surface area contributed by atoms with Crippen molar-refractivity contribution in [2.24, 2.45) is 17.8 Å². The zero-order valence-corrected chi connectivity index (χ0v) is 23.8. The second-order valence-corrected chi connectivity index (χ2v) is 18.0. The van der Waals surface area contributed by atoms with Crippen molar-refractivity contribution >= 4 is 19.3 Å². The molecule has 0 heterocycles. The fraction of sp³-hybridized carbons (Fsp3) is 0.548. The van der Waals surface area contributed by atoms with Crippen molar-refractivity contribution in [1.82, 2.24) is 0 Å². The van der Waals surface area contributed by atoms with E-state index in [0.717, 1.165) is 16.5 Å². The predicted octanol–water partition coefficient (Wildman–Crippen LogP) is 8.30. The van der Waals surface area contributed by atoms with Crippen molar-refractivity contribution in [3.63, 3.8) is 0 Å². The maximum Gasteiger partial charge on any atom is 0.123 e. The first-order chi connectivity index (χ1) is 15.6. The van der Waals surface area contributed by atoms with E-state index in [4.69, 9.17) is 4.74 Å². The molecule has 2 aliphatic carbocycles. The van der Waals surface area contributed by atoms with Gasteiger partial charge in [0.05, 0.1) is 8.07 Å². The van der Waals surface area contributed by atoms with E-state index in [2.05, 4.69) is 105 Å². The lowest BCUT2D eigenvalue weighted by atomic mass is 9.77. The van der Waals surface area contributed by atoms with Crippen molar-refractivity contribution in [2.75, 3.05) is 0 Å². The van der Waals surface area contributed by atoms with Gasteiger partial charge in [0.1, 0.15) is 17.2 Å². The molecule has 4 rings (SSSR count). The third-order valence-electron chi connectivity index (χ3n) is 8.44. The van der Waals surface area contributed by atoms with E-state index < -0.39 is 8.07 Å². The highest BCUT2D eigenvalue weighted by atomic mass is 28.3. The summed E-state index contributed by atoms with van der Waals surface area (Å²) in [6.07, 6.45) is 4.80. The van der Waals surface area contributed by atoms with E-state index in [1.54, 1.807) is 6.07 Å². The number of allylic oxidation sites excluding steroid dienone is 1. The van der Waals surface area contributed by atoms with Crippen LogP contribution in [-0.2, 0) is 5.41 Å². The van der Waals surface area contributed by atoms with E-state index in [1.165, 1.54) is 11.1 Å². The van der Waals surface area contributed by atoms with Crippen LogP contribution in [-0.4, -0.2) is 13.7 Å². The zero-order chi connectivity index (χ0) is 25.2. The first-order valence-electron chi connectivity index (χ1n) is 12.9. The van der Waals surface area contributed by atoms with Gasteiger partial charge in [0.25, 0.3) is 0 Å². The van der Waals surface area contributed by atoms with E-state index in [1.807, 2.05) is 6.07 Å². The number of benzene rings is 2. The van der Waals surface area contributed by atoms with Gasteiger partial charge < -0.3 is 4.74 Å². The normalized spacial score (nSPS) is 26.9. The number of fused-ring (bicyclic) bond motifs is 3. The number of ether oxygens (including phenoxy) is 1. The third kappa shape index (κ3) is 4.30. The summed E-state index contributed by atoms with van der Waals surface area (Å²) >= 11 is 0. The molecule has 0 spiro atoms. The minimum atomic E-state index is -2.18. The molecule has 2 aromatic carbocycles. The molecule has 0 bridgehead atoms. The van der Waals surface area contributed by atoms with Gasteiger partial charge in [0.15, 0.2) is 0 Å². The maximum absolute atomic E-state index is 15.2. The van der Waals surface area contributed by atoms with Gasteiger partial charge in [-0.3, -0.25) is 0 Å². The Bertz CT molecular complexity index is 1100. The molecule has 0 N–H and O–H groups in total. The Labute approximate surface area is 207 Å². The van der Waals surface area contributed by atoms with Crippen LogP contribution in [0.1, 0.15) is 78.0 Å². The summed E-state index contributed by atoms with van der Waals surface area (Å²) in [4.78, 5) is 0. The highest BCUT2D eigenvalue weighted by Gasteiger charge is 2.54. The summed E-state index contributed by atoms with van der Waals surface area (Å²) in [7, 11) is -2.18. The van der Waals surface area contributed by atoms with Crippen LogP contribution in [0.3, 0.4) is 0 Å². The molecule has 0 amide bonds. The van der Waals surface area contributed by atoms with Gasteiger partial charge >= 0.3 is 0 Å². The van der Waals surface area contributed by atoms with Crippen molar-refractivity contribution in [1.29, 1.82) is 0 Å². The molecule has 0 radical (unpaired) electrons. The van der Waals surface area contributed by atoms with Crippen LogP contribution in [0.2, 0.25) is 18.6 Å². The van der Waals surface area contributed by atoms with Crippen molar-refractivity contribution in [3.8, 4) is 5.75 Å². The number of hydrogen-bond acceptors (Lipinski definition) is 1. The molecular formula is C31H43FOSi. The lowest BCUT2D eigenvalue weighted by molar-refractivity contribution is 0.129. The molecule has 34 heavy (non-hydrogen) atoms. The number of rotatable bonds is 3. The Kier molecular flexibility index (Phi) is 6.20. The second-order valence-electron chi connectivity index (χ2n) is 13.4. The number of hydrogen-bond donors (Lipinski definition) is 0. The van der Waals surface area contributed by atoms with Crippen LogP contribution in [0.15, 0.2) is 42.5 Å². The van der Waals surface area contributed by atoms with E-state index >= 15 is 4.39 Å². The molecule has 1 fully saturated rings. The Morgan fingerprint density at radius 2 is 1.56 bits per heavy atom. The van der Waals surface area contributed by atoms with Crippen LogP contribution in [0, 0.1) is 23.6 Å². The molecule has 1 saturated carbocycles. The van der Waals surface area contributed by atoms with Gasteiger partial charge in [-0.1, -0.05) is 84.1 Å². The maximum atomic E-state index is 15.2. The van der Waals surface area contributed by atoms with Crippen molar-refractivity contribution in [2.45, 2.75) is 91.0 Å². The van der Waals surface area contributed by atoms with Gasteiger partial charge in [-0.2, -0.15) is 0 Å². The molecule has 2 aliphatic rings. The number of halogens is 1. The quantitative estimate of drug-likeness (QED) is 0.403. The van der Waals surface area contributed by atoms with Gasteiger partial charge in [-0.05, 0) is 83.8 Å². The van der Waals surface area contributed by atoms with Gasteiger partial charge in [-0.15, -0.1) is 0 Å². The van der Waals surface area contributed by atoms with E-state index in [9.17, 15) is 0 Å². The Morgan fingerprint density at radius 1 is 0.912 bits per heavy atom. The zero-order valence-electron chi connectivity index (χ0n) is 22.8. The summed E-state index contributed by atoms with van der Waals surface area (Å²) < 4.78 is 21.9. The van der Waals surface area contributed by atoms with E-state index in [0.29, 0.717) is 29.2 Å². The van der Waals surface area contributed by atoms with E-state index in [-0.39, 0.29) is 16.8 Å². The summed E-state index contributed by atoms with van der Waals surface area (Å²) in [6.45, 7) is 22.5. The molecule has 1 nitrogen and oxygen atoms in total. The fourth-order valence-electron chi connectivity index (χ4n) is 6.85.